The Morgan fingerprint density at radius 2 is 2.05 bits per heavy atom. The summed E-state index contributed by atoms with van der Waals surface area (Å²) in [5.74, 6) is -0.126. The molecule has 2 fully saturated rings. The summed E-state index contributed by atoms with van der Waals surface area (Å²) in [6.07, 6.45) is 7.81. The van der Waals surface area contributed by atoms with Crippen molar-refractivity contribution in [3.8, 4) is 0 Å². The third-order valence-electron chi connectivity index (χ3n) is 4.33. The number of amides is 2. The van der Waals surface area contributed by atoms with E-state index in [9.17, 15) is 9.59 Å². The van der Waals surface area contributed by atoms with E-state index in [1.807, 2.05) is 0 Å². The van der Waals surface area contributed by atoms with Gasteiger partial charge in [-0.3, -0.25) is 14.5 Å². The highest BCUT2D eigenvalue weighted by Gasteiger charge is 2.36. The SMILES string of the molecule is CNC1CC(=O)N(CCCCCC(N)=C2CCC2)C1=O. The van der Waals surface area contributed by atoms with E-state index in [2.05, 4.69) is 5.32 Å². The summed E-state index contributed by atoms with van der Waals surface area (Å²) in [4.78, 5) is 25.0. The van der Waals surface area contributed by atoms with Crippen LogP contribution in [0.4, 0.5) is 0 Å². The second-order valence-electron chi connectivity index (χ2n) is 5.72. The van der Waals surface area contributed by atoms with Gasteiger partial charge in [0, 0.05) is 12.2 Å². The Hall–Kier alpha value is -1.36. The van der Waals surface area contributed by atoms with Crippen LogP contribution in [0.15, 0.2) is 11.3 Å². The first kappa shape index (κ1) is 15.0. The molecule has 5 heteroatoms. The van der Waals surface area contributed by atoms with E-state index in [1.165, 1.54) is 29.7 Å². The molecular weight excluding hydrogens is 254 g/mol. The topological polar surface area (TPSA) is 75.4 Å². The monoisotopic (exact) mass is 279 g/mol. The van der Waals surface area contributed by atoms with Crippen LogP contribution in [0.25, 0.3) is 0 Å². The highest BCUT2D eigenvalue weighted by molar-refractivity contribution is 6.05. The lowest BCUT2D eigenvalue weighted by Gasteiger charge is -2.19. The normalized spacial score (nSPS) is 22.4. The van der Waals surface area contributed by atoms with Gasteiger partial charge in [-0.2, -0.15) is 0 Å². The molecule has 0 bridgehead atoms. The fourth-order valence-corrected chi connectivity index (χ4v) is 2.76. The Morgan fingerprint density at radius 1 is 1.30 bits per heavy atom. The number of likely N-dealkylation sites (tertiary alicyclic amines) is 1. The summed E-state index contributed by atoms with van der Waals surface area (Å²) in [5, 5.41) is 2.88. The maximum atomic E-state index is 11.9. The summed E-state index contributed by atoms with van der Waals surface area (Å²) in [7, 11) is 1.72. The number of hydrogen-bond donors (Lipinski definition) is 2. The zero-order chi connectivity index (χ0) is 14.5. The maximum absolute atomic E-state index is 11.9. The summed E-state index contributed by atoms with van der Waals surface area (Å²) in [5.41, 5.74) is 8.52. The van der Waals surface area contributed by atoms with Crippen LogP contribution >= 0.6 is 0 Å². The number of rotatable bonds is 7. The minimum atomic E-state index is -0.318. The molecule has 3 N–H and O–H groups in total. The van der Waals surface area contributed by atoms with Crippen molar-refractivity contribution in [3.05, 3.63) is 11.3 Å². The minimum absolute atomic E-state index is 0.0505. The molecule has 1 atom stereocenters. The number of imide groups is 1. The van der Waals surface area contributed by atoms with Gasteiger partial charge in [-0.25, -0.2) is 0 Å². The van der Waals surface area contributed by atoms with Crippen LogP contribution in [0.2, 0.25) is 0 Å². The second kappa shape index (κ2) is 6.88. The van der Waals surface area contributed by atoms with Crippen molar-refractivity contribution in [2.24, 2.45) is 5.73 Å². The fraction of sp³-hybridized carbons (Fsp3) is 0.733. The average Bonchev–Trinajstić information content (AvgIpc) is 2.63. The first-order valence-electron chi connectivity index (χ1n) is 7.61. The van der Waals surface area contributed by atoms with Gasteiger partial charge in [0.15, 0.2) is 0 Å². The van der Waals surface area contributed by atoms with Crippen molar-refractivity contribution >= 4 is 11.8 Å². The van der Waals surface area contributed by atoms with Crippen molar-refractivity contribution in [2.45, 2.75) is 57.4 Å². The zero-order valence-electron chi connectivity index (χ0n) is 12.3. The van der Waals surface area contributed by atoms with Crippen molar-refractivity contribution in [3.63, 3.8) is 0 Å². The van der Waals surface area contributed by atoms with E-state index in [1.54, 1.807) is 7.05 Å². The number of hydrogen-bond acceptors (Lipinski definition) is 4. The number of allylic oxidation sites excluding steroid dienone is 2. The molecule has 0 spiro atoms. The van der Waals surface area contributed by atoms with Gasteiger partial charge in [0.05, 0.1) is 12.5 Å². The Balaban J connectivity index is 1.64. The lowest BCUT2D eigenvalue weighted by atomic mass is 9.89. The molecule has 2 rings (SSSR count). The van der Waals surface area contributed by atoms with Crippen LogP contribution in [0, 0.1) is 0 Å². The molecule has 112 valence electrons. The van der Waals surface area contributed by atoms with E-state index in [0.29, 0.717) is 13.0 Å². The van der Waals surface area contributed by atoms with Gasteiger partial charge in [-0.15, -0.1) is 0 Å². The van der Waals surface area contributed by atoms with Crippen molar-refractivity contribution in [2.75, 3.05) is 13.6 Å². The fourth-order valence-electron chi connectivity index (χ4n) is 2.76. The van der Waals surface area contributed by atoms with Gasteiger partial charge >= 0.3 is 0 Å². The summed E-state index contributed by atoms with van der Waals surface area (Å²) in [6.45, 7) is 0.548. The number of nitrogens with zero attached hydrogens (tertiary/aromatic N) is 1. The first-order valence-corrected chi connectivity index (χ1v) is 7.61. The molecule has 1 aliphatic carbocycles. The molecule has 0 radical (unpaired) electrons. The molecule has 20 heavy (non-hydrogen) atoms. The lowest BCUT2D eigenvalue weighted by Crippen LogP contribution is -2.37. The van der Waals surface area contributed by atoms with E-state index in [4.69, 9.17) is 5.73 Å². The average molecular weight is 279 g/mol. The second-order valence-corrected chi connectivity index (χ2v) is 5.72. The zero-order valence-corrected chi connectivity index (χ0v) is 12.3. The quantitative estimate of drug-likeness (QED) is 0.544. The molecule has 2 aliphatic rings. The van der Waals surface area contributed by atoms with Crippen molar-refractivity contribution < 1.29 is 9.59 Å². The minimum Gasteiger partial charge on any atom is -0.402 e. The molecule has 1 heterocycles. The molecular formula is C15H25N3O2. The summed E-state index contributed by atoms with van der Waals surface area (Å²) in [6, 6.07) is -0.318. The predicted octanol–water partition coefficient (Wildman–Crippen LogP) is 1.29. The van der Waals surface area contributed by atoms with Crippen LogP contribution in [0.1, 0.15) is 51.4 Å². The largest absolute Gasteiger partial charge is 0.402 e. The highest BCUT2D eigenvalue weighted by Crippen LogP contribution is 2.28. The number of nitrogens with one attached hydrogen (secondary N) is 1. The van der Waals surface area contributed by atoms with E-state index in [-0.39, 0.29) is 17.9 Å². The smallest absolute Gasteiger partial charge is 0.246 e. The molecule has 0 aromatic heterocycles. The summed E-state index contributed by atoms with van der Waals surface area (Å²) >= 11 is 0. The van der Waals surface area contributed by atoms with Gasteiger partial charge in [0.2, 0.25) is 11.8 Å². The van der Waals surface area contributed by atoms with E-state index >= 15 is 0 Å². The van der Waals surface area contributed by atoms with Gasteiger partial charge in [0.25, 0.3) is 0 Å². The molecule has 1 aliphatic heterocycles. The third-order valence-corrected chi connectivity index (χ3v) is 4.33. The standard InChI is InChI=1S/C15H25N3O2/c1-17-13-10-14(19)18(15(13)20)9-4-2-3-8-12(16)11-6-5-7-11/h13,17H,2-10,16H2,1H3. The van der Waals surface area contributed by atoms with Gasteiger partial charge in [0.1, 0.15) is 0 Å². The van der Waals surface area contributed by atoms with Gasteiger partial charge in [-0.1, -0.05) is 12.0 Å². The Labute approximate surface area is 120 Å². The Bertz CT molecular complexity index is 411. The molecule has 1 saturated heterocycles. The summed E-state index contributed by atoms with van der Waals surface area (Å²) < 4.78 is 0. The van der Waals surface area contributed by atoms with Crippen LogP contribution in [0.3, 0.4) is 0 Å². The number of carbonyl (C=O) groups is 2. The van der Waals surface area contributed by atoms with Crippen LogP contribution < -0.4 is 11.1 Å². The first-order chi connectivity index (χ1) is 9.63. The van der Waals surface area contributed by atoms with Crippen LogP contribution in [0.5, 0.6) is 0 Å². The van der Waals surface area contributed by atoms with E-state index < -0.39 is 0 Å². The van der Waals surface area contributed by atoms with Crippen molar-refractivity contribution in [1.29, 1.82) is 0 Å². The van der Waals surface area contributed by atoms with Gasteiger partial charge in [-0.05, 0) is 45.6 Å². The highest BCUT2D eigenvalue weighted by atomic mass is 16.2. The maximum Gasteiger partial charge on any atom is 0.246 e. The predicted molar refractivity (Wildman–Crippen MR) is 77.7 cm³/mol. The number of unbranched alkanes of at least 4 members (excludes halogenated alkanes) is 2. The molecule has 0 aromatic rings. The van der Waals surface area contributed by atoms with Crippen LogP contribution in [-0.4, -0.2) is 36.3 Å². The number of carbonyl (C=O) groups excluding carboxylic acids is 2. The number of likely N-dealkylation sites (N-methyl/N-ethyl adjacent to an activating group) is 1. The molecule has 1 unspecified atom stereocenters. The molecule has 5 nitrogen and oxygen atoms in total. The Kier molecular flexibility index (Phi) is 5.17. The lowest BCUT2D eigenvalue weighted by molar-refractivity contribution is -0.138. The third kappa shape index (κ3) is 3.39. The number of nitrogens with two attached hydrogens (primary N) is 1. The molecule has 2 amide bonds. The van der Waals surface area contributed by atoms with E-state index in [0.717, 1.165) is 31.4 Å². The van der Waals surface area contributed by atoms with Gasteiger partial charge < -0.3 is 11.1 Å². The van der Waals surface area contributed by atoms with Crippen LogP contribution in [-0.2, 0) is 9.59 Å². The Morgan fingerprint density at radius 3 is 2.60 bits per heavy atom. The molecule has 1 saturated carbocycles. The van der Waals surface area contributed by atoms with Crippen molar-refractivity contribution in [1.82, 2.24) is 10.2 Å². The molecule has 0 aromatic carbocycles.